The topological polar surface area (TPSA) is 24.9 Å². The van der Waals surface area contributed by atoms with Gasteiger partial charge in [-0.15, -0.1) is 0 Å². The van der Waals surface area contributed by atoms with Gasteiger partial charge in [0.15, 0.2) is 0 Å². The number of hydrogen-bond acceptors (Lipinski definition) is 3. The summed E-state index contributed by atoms with van der Waals surface area (Å²) in [6.07, 6.45) is 6.67. The van der Waals surface area contributed by atoms with Crippen molar-refractivity contribution in [2.45, 2.75) is 24.6 Å². The first-order valence-corrected chi connectivity index (χ1v) is 7.62. The van der Waals surface area contributed by atoms with E-state index in [0.29, 0.717) is 0 Å². The van der Waals surface area contributed by atoms with Gasteiger partial charge in [-0.2, -0.15) is 11.8 Å². The molecule has 3 heteroatoms. The van der Waals surface area contributed by atoms with Crippen molar-refractivity contribution in [3.05, 3.63) is 42.2 Å². The molecule has 0 radical (unpaired) electrons. The lowest BCUT2D eigenvalue weighted by Crippen LogP contribution is -2.22. The number of benzene rings is 1. The molecule has 1 aliphatic heterocycles. The molecule has 1 unspecified atom stereocenters. The zero-order valence-corrected chi connectivity index (χ0v) is 11.2. The molecular weight excluding hydrogens is 240 g/mol. The van der Waals surface area contributed by atoms with Crippen LogP contribution in [0.25, 0.3) is 10.8 Å². The van der Waals surface area contributed by atoms with E-state index in [9.17, 15) is 0 Å². The lowest BCUT2D eigenvalue weighted by Gasteiger charge is -2.11. The van der Waals surface area contributed by atoms with Gasteiger partial charge in [0.2, 0.25) is 0 Å². The van der Waals surface area contributed by atoms with E-state index in [2.05, 4.69) is 46.3 Å². The molecule has 1 aromatic carbocycles. The second-order valence-electron chi connectivity index (χ2n) is 4.79. The van der Waals surface area contributed by atoms with Gasteiger partial charge in [0, 0.05) is 36.1 Å². The summed E-state index contributed by atoms with van der Waals surface area (Å²) in [4.78, 5) is 4.32. The fraction of sp³-hybridized carbons (Fsp3) is 0.400. The van der Waals surface area contributed by atoms with E-state index in [4.69, 9.17) is 0 Å². The molecule has 1 fully saturated rings. The molecule has 2 heterocycles. The summed E-state index contributed by atoms with van der Waals surface area (Å²) in [6, 6.07) is 8.46. The van der Waals surface area contributed by atoms with Gasteiger partial charge in [-0.1, -0.05) is 24.3 Å². The molecular formula is C15H18N2S. The van der Waals surface area contributed by atoms with E-state index in [0.717, 1.165) is 18.3 Å². The van der Waals surface area contributed by atoms with Crippen LogP contribution in [0.15, 0.2) is 36.7 Å². The lowest BCUT2D eigenvalue weighted by atomic mass is 10.1. The van der Waals surface area contributed by atoms with Gasteiger partial charge < -0.3 is 5.32 Å². The number of nitrogens with zero attached hydrogens (tertiary/aromatic N) is 1. The molecule has 2 nitrogen and oxygen atoms in total. The molecule has 1 atom stereocenters. The molecule has 0 amide bonds. The highest BCUT2D eigenvalue weighted by molar-refractivity contribution is 8.00. The number of thioether (sulfide) groups is 1. The summed E-state index contributed by atoms with van der Waals surface area (Å²) in [7, 11) is 0. The van der Waals surface area contributed by atoms with Gasteiger partial charge >= 0.3 is 0 Å². The van der Waals surface area contributed by atoms with E-state index in [1.807, 2.05) is 12.4 Å². The average molecular weight is 258 g/mol. The number of hydrogen-bond donors (Lipinski definition) is 1. The fourth-order valence-electron chi connectivity index (χ4n) is 2.49. The molecule has 3 rings (SSSR count). The smallest absolute Gasteiger partial charge is 0.0346 e. The third kappa shape index (κ3) is 2.68. The summed E-state index contributed by atoms with van der Waals surface area (Å²) in [5.41, 5.74) is 1.30. The second-order valence-corrected chi connectivity index (χ2v) is 6.19. The van der Waals surface area contributed by atoms with E-state index in [-0.39, 0.29) is 0 Å². The van der Waals surface area contributed by atoms with Crippen molar-refractivity contribution in [2.75, 3.05) is 12.3 Å². The monoisotopic (exact) mass is 258 g/mol. The van der Waals surface area contributed by atoms with Crippen molar-refractivity contribution in [3.63, 3.8) is 0 Å². The first-order valence-electron chi connectivity index (χ1n) is 6.57. The Morgan fingerprint density at radius 1 is 1.28 bits per heavy atom. The maximum absolute atomic E-state index is 4.32. The third-order valence-electron chi connectivity index (χ3n) is 3.46. The van der Waals surface area contributed by atoms with Crippen LogP contribution in [-0.2, 0) is 6.54 Å². The van der Waals surface area contributed by atoms with Crippen molar-refractivity contribution in [3.8, 4) is 0 Å². The first-order chi connectivity index (χ1) is 8.93. The molecule has 1 aliphatic rings. The average Bonchev–Trinajstić information content (AvgIpc) is 2.92. The van der Waals surface area contributed by atoms with Crippen LogP contribution in [0, 0.1) is 0 Å². The number of fused-ring (bicyclic) bond motifs is 1. The van der Waals surface area contributed by atoms with Crippen molar-refractivity contribution < 1.29 is 0 Å². The van der Waals surface area contributed by atoms with Crippen LogP contribution in [-0.4, -0.2) is 22.5 Å². The molecule has 0 bridgehead atoms. The van der Waals surface area contributed by atoms with Crippen molar-refractivity contribution in [1.29, 1.82) is 0 Å². The highest BCUT2D eigenvalue weighted by Crippen LogP contribution is 2.25. The molecule has 2 aromatic rings. The highest BCUT2D eigenvalue weighted by Gasteiger charge is 2.14. The maximum Gasteiger partial charge on any atom is 0.0346 e. The van der Waals surface area contributed by atoms with Gasteiger partial charge in [-0.05, 0) is 29.5 Å². The van der Waals surface area contributed by atoms with Crippen LogP contribution in [0.2, 0.25) is 0 Å². The summed E-state index contributed by atoms with van der Waals surface area (Å²) in [5, 5.41) is 6.94. The number of nitrogens with one attached hydrogen (secondary N) is 1. The van der Waals surface area contributed by atoms with Gasteiger partial charge in [0.1, 0.15) is 0 Å². The zero-order chi connectivity index (χ0) is 12.2. The predicted molar refractivity (Wildman–Crippen MR) is 78.9 cm³/mol. The van der Waals surface area contributed by atoms with Crippen molar-refractivity contribution in [2.24, 2.45) is 0 Å². The SMILES string of the molecule is c1ccc2c(CNCC3CCCS3)cncc2c1. The minimum atomic E-state index is 0.813. The molecule has 0 aliphatic carbocycles. The second kappa shape index (κ2) is 5.72. The normalized spacial score (nSPS) is 19.4. The lowest BCUT2D eigenvalue weighted by molar-refractivity contribution is 0.647. The number of aromatic nitrogens is 1. The Balaban J connectivity index is 1.66. The van der Waals surface area contributed by atoms with Crippen LogP contribution < -0.4 is 5.32 Å². The van der Waals surface area contributed by atoms with Gasteiger partial charge in [0.25, 0.3) is 0 Å². The highest BCUT2D eigenvalue weighted by atomic mass is 32.2. The van der Waals surface area contributed by atoms with Crippen molar-refractivity contribution in [1.82, 2.24) is 10.3 Å². The molecule has 0 saturated carbocycles. The van der Waals surface area contributed by atoms with Crippen LogP contribution >= 0.6 is 11.8 Å². The summed E-state index contributed by atoms with van der Waals surface area (Å²) >= 11 is 2.10. The fourth-order valence-corrected chi connectivity index (χ4v) is 3.73. The van der Waals surface area contributed by atoms with E-state index in [1.54, 1.807) is 0 Å². The molecule has 1 N–H and O–H groups in total. The molecule has 1 saturated heterocycles. The van der Waals surface area contributed by atoms with Gasteiger partial charge in [-0.3, -0.25) is 4.98 Å². The summed E-state index contributed by atoms with van der Waals surface area (Å²) in [6.45, 7) is 2.04. The van der Waals surface area contributed by atoms with Crippen LogP contribution in [0.1, 0.15) is 18.4 Å². The molecule has 18 heavy (non-hydrogen) atoms. The Bertz CT molecular complexity index is 515. The van der Waals surface area contributed by atoms with Gasteiger partial charge in [0.05, 0.1) is 0 Å². The number of pyridine rings is 1. The Kier molecular flexibility index (Phi) is 3.81. The van der Waals surface area contributed by atoms with Crippen LogP contribution in [0.5, 0.6) is 0 Å². The molecule has 94 valence electrons. The summed E-state index contributed by atoms with van der Waals surface area (Å²) < 4.78 is 0. The van der Waals surface area contributed by atoms with Crippen LogP contribution in [0.4, 0.5) is 0 Å². The Morgan fingerprint density at radius 3 is 3.11 bits per heavy atom. The Hall–Kier alpha value is -1.06. The van der Waals surface area contributed by atoms with Crippen molar-refractivity contribution >= 4 is 22.5 Å². The zero-order valence-electron chi connectivity index (χ0n) is 10.4. The van der Waals surface area contributed by atoms with E-state index < -0.39 is 0 Å². The van der Waals surface area contributed by atoms with Gasteiger partial charge in [-0.25, -0.2) is 0 Å². The minimum Gasteiger partial charge on any atom is -0.311 e. The largest absolute Gasteiger partial charge is 0.311 e. The quantitative estimate of drug-likeness (QED) is 0.911. The standard InChI is InChI=1S/C15H18N2S/c1-2-6-15-12(4-1)8-16-9-13(15)10-17-11-14-5-3-7-18-14/h1-2,4,6,8-9,14,17H,3,5,7,10-11H2. The van der Waals surface area contributed by atoms with Crippen LogP contribution in [0.3, 0.4) is 0 Å². The molecule has 0 spiro atoms. The first kappa shape index (κ1) is 12.0. The minimum absolute atomic E-state index is 0.813. The van der Waals surface area contributed by atoms with E-state index in [1.165, 1.54) is 34.9 Å². The molecule has 1 aromatic heterocycles. The summed E-state index contributed by atoms with van der Waals surface area (Å²) in [5.74, 6) is 1.34. The Morgan fingerprint density at radius 2 is 2.22 bits per heavy atom. The Labute approximate surface area is 112 Å². The predicted octanol–water partition coefficient (Wildman–Crippen LogP) is 3.22. The third-order valence-corrected chi connectivity index (χ3v) is 4.86. The number of rotatable bonds is 4. The maximum atomic E-state index is 4.32. The van der Waals surface area contributed by atoms with E-state index >= 15 is 0 Å².